The van der Waals surface area contributed by atoms with Crippen molar-refractivity contribution in [2.24, 2.45) is 0 Å². The van der Waals surface area contributed by atoms with Crippen LogP contribution in [0.5, 0.6) is 0 Å². The Hall–Kier alpha value is -2.94. The quantitative estimate of drug-likeness (QED) is 0.656. The first-order chi connectivity index (χ1) is 14.6. The lowest BCUT2D eigenvalue weighted by Crippen LogP contribution is -2.52. The van der Waals surface area contributed by atoms with Crippen molar-refractivity contribution in [3.63, 3.8) is 0 Å². The van der Waals surface area contributed by atoms with E-state index in [1.54, 1.807) is 37.8 Å². The SMILES string of the molecule is COC(=O)c1cnc(N2CCN(C(=O)OC(C)(C)C)CC2c2cccc(F)c2Cl)cn1. The van der Waals surface area contributed by atoms with Crippen molar-refractivity contribution in [3.05, 3.63) is 52.7 Å². The number of esters is 1. The molecule has 0 N–H and O–H groups in total. The molecule has 0 radical (unpaired) electrons. The molecule has 1 aromatic heterocycles. The van der Waals surface area contributed by atoms with Crippen molar-refractivity contribution in [2.45, 2.75) is 32.4 Å². The summed E-state index contributed by atoms with van der Waals surface area (Å²) in [6.45, 7) is 6.32. The van der Waals surface area contributed by atoms with Gasteiger partial charge in [-0.15, -0.1) is 0 Å². The number of rotatable bonds is 3. The van der Waals surface area contributed by atoms with Crippen molar-refractivity contribution in [1.82, 2.24) is 14.9 Å². The van der Waals surface area contributed by atoms with Crippen LogP contribution in [0, 0.1) is 5.82 Å². The van der Waals surface area contributed by atoms with Crippen LogP contribution < -0.4 is 4.90 Å². The van der Waals surface area contributed by atoms with Gasteiger partial charge in [0.2, 0.25) is 0 Å². The molecule has 8 nitrogen and oxygen atoms in total. The second-order valence-corrected chi connectivity index (χ2v) is 8.41. The molecular weight excluding hydrogens is 427 g/mol. The second-order valence-electron chi connectivity index (χ2n) is 8.03. The van der Waals surface area contributed by atoms with Crippen molar-refractivity contribution in [2.75, 3.05) is 31.6 Å². The lowest BCUT2D eigenvalue weighted by atomic mass is 10.0. The number of aromatic nitrogens is 2. The first-order valence-electron chi connectivity index (χ1n) is 9.69. The minimum absolute atomic E-state index is 0.0253. The van der Waals surface area contributed by atoms with E-state index < -0.39 is 29.5 Å². The minimum Gasteiger partial charge on any atom is -0.464 e. The van der Waals surface area contributed by atoms with Crippen molar-refractivity contribution in [1.29, 1.82) is 0 Å². The van der Waals surface area contributed by atoms with Crippen molar-refractivity contribution < 1.29 is 23.5 Å². The molecule has 1 amide bonds. The molecule has 0 spiro atoms. The summed E-state index contributed by atoms with van der Waals surface area (Å²) in [4.78, 5) is 36.1. The van der Waals surface area contributed by atoms with E-state index in [0.29, 0.717) is 24.5 Å². The van der Waals surface area contributed by atoms with Gasteiger partial charge in [0.1, 0.15) is 17.2 Å². The highest BCUT2D eigenvalue weighted by atomic mass is 35.5. The second kappa shape index (κ2) is 9.05. The smallest absolute Gasteiger partial charge is 0.410 e. The van der Waals surface area contributed by atoms with Crippen LogP contribution in [0.3, 0.4) is 0 Å². The van der Waals surface area contributed by atoms with E-state index in [4.69, 9.17) is 16.3 Å². The Balaban J connectivity index is 1.94. The van der Waals surface area contributed by atoms with Crippen LogP contribution in [0.15, 0.2) is 30.6 Å². The molecule has 1 fully saturated rings. The number of piperazine rings is 1. The molecule has 2 heterocycles. The third-order valence-electron chi connectivity index (χ3n) is 4.70. The van der Waals surface area contributed by atoms with Gasteiger partial charge in [-0.05, 0) is 32.4 Å². The molecule has 1 atom stereocenters. The fourth-order valence-corrected chi connectivity index (χ4v) is 3.52. The molecule has 1 saturated heterocycles. The van der Waals surface area contributed by atoms with Gasteiger partial charge in [-0.2, -0.15) is 0 Å². The Morgan fingerprint density at radius 3 is 2.55 bits per heavy atom. The van der Waals surface area contributed by atoms with Gasteiger partial charge in [-0.1, -0.05) is 23.7 Å². The summed E-state index contributed by atoms with van der Waals surface area (Å²) in [5.41, 5.74) is -0.0668. The fourth-order valence-electron chi connectivity index (χ4n) is 3.27. The highest BCUT2D eigenvalue weighted by Gasteiger charge is 2.35. The standard InChI is InChI=1S/C21H24ClFN4O4/c1-21(2,3)31-20(29)26-8-9-27(17-11-24-15(10-25-17)19(28)30-4)16(12-26)13-6-5-7-14(23)18(13)22/h5-7,10-11,16H,8-9,12H2,1-4H3. The number of benzene rings is 1. The predicted octanol–water partition coefficient (Wildman–Crippen LogP) is 3.85. The van der Waals surface area contributed by atoms with Crippen LogP contribution in [0.1, 0.15) is 42.9 Å². The number of carbonyl (C=O) groups is 2. The average Bonchev–Trinajstić information content (AvgIpc) is 2.73. The molecule has 0 aliphatic carbocycles. The van der Waals surface area contributed by atoms with Gasteiger partial charge in [0.25, 0.3) is 0 Å². The molecule has 3 rings (SSSR count). The van der Waals surface area contributed by atoms with Crippen LogP contribution in [0.25, 0.3) is 0 Å². The molecule has 1 aliphatic heterocycles. The number of ether oxygens (including phenoxy) is 2. The lowest BCUT2D eigenvalue weighted by molar-refractivity contribution is 0.0213. The van der Waals surface area contributed by atoms with Gasteiger partial charge in [0.15, 0.2) is 5.69 Å². The summed E-state index contributed by atoms with van der Waals surface area (Å²) in [6, 6.07) is 4.04. The Bertz CT molecular complexity index is 965. The molecule has 1 unspecified atom stereocenters. The lowest BCUT2D eigenvalue weighted by Gasteiger charge is -2.42. The number of hydrogen-bond donors (Lipinski definition) is 0. The molecule has 0 bridgehead atoms. The van der Waals surface area contributed by atoms with Gasteiger partial charge in [-0.3, -0.25) is 0 Å². The van der Waals surface area contributed by atoms with Crippen LogP contribution in [-0.2, 0) is 9.47 Å². The fraction of sp³-hybridized carbons (Fsp3) is 0.429. The summed E-state index contributed by atoms with van der Waals surface area (Å²) in [7, 11) is 1.26. The molecule has 1 aromatic carbocycles. The number of methoxy groups -OCH3 is 1. The van der Waals surface area contributed by atoms with E-state index >= 15 is 0 Å². The van der Waals surface area contributed by atoms with Crippen LogP contribution in [-0.4, -0.2) is 59.3 Å². The zero-order chi connectivity index (χ0) is 22.8. The number of anilines is 1. The highest BCUT2D eigenvalue weighted by Crippen LogP contribution is 2.34. The van der Waals surface area contributed by atoms with Gasteiger partial charge in [0.05, 0.1) is 30.6 Å². The van der Waals surface area contributed by atoms with E-state index in [2.05, 4.69) is 14.7 Å². The summed E-state index contributed by atoms with van der Waals surface area (Å²) in [5, 5.41) is -0.0253. The third-order valence-corrected chi connectivity index (χ3v) is 5.10. The van der Waals surface area contributed by atoms with Crippen molar-refractivity contribution in [3.8, 4) is 0 Å². The minimum atomic E-state index is -0.643. The topological polar surface area (TPSA) is 84.9 Å². The van der Waals surface area contributed by atoms with Crippen LogP contribution in [0.2, 0.25) is 5.02 Å². The number of carbonyl (C=O) groups excluding carboxylic acids is 2. The predicted molar refractivity (Wildman–Crippen MR) is 113 cm³/mol. The normalized spacial score (nSPS) is 16.8. The molecule has 0 saturated carbocycles. The molecule has 1 aliphatic rings. The monoisotopic (exact) mass is 450 g/mol. The zero-order valence-corrected chi connectivity index (χ0v) is 18.5. The maximum Gasteiger partial charge on any atom is 0.410 e. The largest absolute Gasteiger partial charge is 0.464 e. The molecule has 166 valence electrons. The van der Waals surface area contributed by atoms with Crippen LogP contribution in [0.4, 0.5) is 15.0 Å². The number of amides is 1. The maximum atomic E-state index is 14.2. The summed E-state index contributed by atoms with van der Waals surface area (Å²) < 4.78 is 24.3. The van der Waals surface area contributed by atoms with E-state index in [9.17, 15) is 14.0 Å². The maximum absolute atomic E-state index is 14.2. The third kappa shape index (κ3) is 5.22. The van der Waals surface area contributed by atoms with E-state index in [1.165, 1.54) is 25.6 Å². The summed E-state index contributed by atoms with van der Waals surface area (Å²) >= 11 is 6.27. The van der Waals surface area contributed by atoms with Gasteiger partial charge >= 0.3 is 12.1 Å². The average molecular weight is 451 g/mol. The van der Waals surface area contributed by atoms with Gasteiger partial charge in [0, 0.05) is 19.6 Å². The first kappa shape index (κ1) is 22.7. The number of nitrogens with zero attached hydrogens (tertiary/aromatic N) is 4. The summed E-state index contributed by atoms with van der Waals surface area (Å²) in [6.07, 6.45) is 2.29. The number of hydrogen-bond acceptors (Lipinski definition) is 7. The highest BCUT2D eigenvalue weighted by molar-refractivity contribution is 6.31. The van der Waals surface area contributed by atoms with E-state index in [-0.39, 0.29) is 17.3 Å². The molecule has 31 heavy (non-hydrogen) atoms. The zero-order valence-electron chi connectivity index (χ0n) is 17.8. The van der Waals surface area contributed by atoms with Gasteiger partial charge < -0.3 is 19.3 Å². The Kier molecular flexibility index (Phi) is 6.64. The Morgan fingerprint density at radius 1 is 1.19 bits per heavy atom. The first-order valence-corrected chi connectivity index (χ1v) is 10.1. The van der Waals surface area contributed by atoms with E-state index in [0.717, 1.165) is 0 Å². The molecular formula is C21H24ClFN4O4. The Labute approximate surface area is 184 Å². The van der Waals surface area contributed by atoms with Crippen molar-refractivity contribution >= 4 is 29.5 Å². The van der Waals surface area contributed by atoms with E-state index in [1.807, 2.05) is 4.90 Å². The molecule has 2 aromatic rings. The summed E-state index contributed by atoms with van der Waals surface area (Å²) in [5.74, 6) is -0.694. The van der Waals surface area contributed by atoms with Gasteiger partial charge in [-0.25, -0.2) is 23.9 Å². The molecule has 10 heteroatoms. The Morgan fingerprint density at radius 2 is 1.94 bits per heavy atom. The van der Waals surface area contributed by atoms with Crippen LogP contribution >= 0.6 is 11.6 Å². The number of halogens is 2.